The van der Waals surface area contributed by atoms with E-state index in [9.17, 15) is 4.79 Å². The zero-order valence-corrected chi connectivity index (χ0v) is 16.3. The summed E-state index contributed by atoms with van der Waals surface area (Å²) in [6.07, 6.45) is 1.39. The molecule has 0 atom stereocenters. The summed E-state index contributed by atoms with van der Waals surface area (Å²) < 4.78 is 5.35. The molecule has 3 aromatic rings. The number of amides is 1. The van der Waals surface area contributed by atoms with Gasteiger partial charge in [-0.15, -0.1) is 0 Å². The van der Waals surface area contributed by atoms with E-state index in [1.54, 1.807) is 18.1 Å². The van der Waals surface area contributed by atoms with Gasteiger partial charge in [0, 0.05) is 18.7 Å². The van der Waals surface area contributed by atoms with E-state index in [0.29, 0.717) is 23.8 Å². The van der Waals surface area contributed by atoms with Crippen molar-refractivity contribution < 1.29 is 9.53 Å². The maximum absolute atomic E-state index is 13.1. The third-order valence-corrected chi connectivity index (χ3v) is 4.34. The van der Waals surface area contributed by atoms with Gasteiger partial charge in [0.15, 0.2) is 0 Å². The van der Waals surface area contributed by atoms with Crippen molar-refractivity contribution in [3.63, 3.8) is 0 Å². The molecule has 0 saturated carbocycles. The molecule has 1 aromatic heterocycles. The first-order valence-electron chi connectivity index (χ1n) is 9.15. The first kappa shape index (κ1) is 19.4. The highest BCUT2D eigenvalue weighted by atomic mass is 16.5. The molecule has 1 amide bonds. The third kappa shape index (κ3) is 4.65. The van der Waals surface area contributed by atoms with Crippen LogP contribution in [-0.4, -0.2) is 33.9 Å². The van der Waals surface area contributed by atoms with Crippen molar-refractivity contribution in [1.29, 1.82) is 0 Å². The van der Waals surface area contributed by atoms with Crippen LogP contribution in [0.4, 0.5) is 11.5 Å². The zero-order chi connectivity index (χ0) is 19.9. The van der Waals surface area contributed by atoms with Crippen molar-refractivity contribution in [3.05, 3.63) is 78.2 Å². The lowest BCUT2D eigenvalue weighted by molar-refractivity contribution is 0.0684. The molecule has 1 heterocycles. The molecule has 0 saturated heterocycles. The number of carbonyl (C=O) groups excluding carboxylic acids is 1. The summed E-state index contributed by atoms with van der Waals surface area (Å²) in [5, 5.41) is 3.19. The number of aromatic nitrogens is 2. The number of benzene rings is 2. The van der Waals surface area contributed by atoms with Crippen LogP contribution in [0.1, 0.15) is 29.9 Å². The lowest BCUT2D eigenvalue weighted by Crippen LogP contribution is -2.36. The molecule has 1 N–H and O–H groups in total. The molecule has 2 aromatic carbocycles. The smallest absolute Gasteiger partial charge is 0.273 e. The summed E-state index contributed by atoms with van der Waals surface area (Å²) >= 11 is 0. The Hall–Kier alpha value is -3.41. The van der Waals surface area contributed by atoms with Gasteiger partial charge in [-0.1, -0.05) is 42.5 Å². The average Bonchev–Trinajstić information content (AvgIpc) is 2.72. The van der Waals surface area contributed by atoms with Crippen LogP contribution in [-0.2, 0) is 6.54 Å². The van der Waals surface area contributed by atoms with Crippen LogP contribution in [0.15, 0.2) is 67.0 Å². The number of nitrogens with zero attached hydrogens (tertiary/aromatic N) is 3. The Kier molecular flexibility index (Phi) is 6.22. The number of anilines is 2. The number of para-hydroxylation sites is 2. The highest BCUT2D eigenvalue weighted by molar-refractivity contribution is 5.93. The minimum Gasteiger partial charge on any atom is -0.495 e. The maximum Gasteiger partial charge on any atom is 0.273 e. The summed E-state index contributed by atoms with van der Waals surface area (Å²) in [5.41, 5.74) is 2.19. The standard InChI is InChI=1S/C22H24N4O2/c1-16(2)26(14-17-9-5-4-6-10-17)22(27)19-13-21(24-15-23-19)25-18-11-7-8-12-20(18)28-3/h4-13,15-16H,14H2,1-3H3,(H,23,24,25). The first-order chi connectivity index (χ1) is 13.6. The second kappa shape index (κ2) is 8.99. The predicted molar refractivity (Wildman–Crippen MR) is 110 cm³/mol. The van der Waals surface area contributed by atoms with Gasteiger partial charge in [-0.2, -0.15) is 0 Å². The van der Waals surface area contributed by atoms with Crippen molar-refractivity contribution in [2.45, 2.75) is 26.4 Å². The molecule has 0 radical (unpaired) electrons. The van der Waals surface area contributed by atoms with E-state index in [1.165, 1.54) is 6.33 Å². The fourth-order valence-corrected chi connectivity index (χ4v) is 2.84. The van der Waals surface area contributed by atoms with Crippen LogP contribution in [0.25, 0.3) is 0 Å². The molecule has 144 valence electrons. The SMILES string of the molecule is COc1ccccc1Nc1cc(C(=O)N(Cc2ccccc2)C(C)C)ncn1. The molecule has 0 aliphatic heterocycles. The molecular formula is C22H24N4O2. The second-order valence-corrected chi connectivity index (χ2v) is 6.63. The van der Waals surface area contributed by atoms with Crippen LogP contribution in [0.3, 0.4) is 0 Å². The Morgan fingerprint density at radius 2 is 1.79 bits per heavy atom. The van der Waals surface area contributed by atoms with Gasteiger partial charge in [0.05, 0.1) is 12.8 Å². The lowest BCUT2D eigenvalue weighted by atomic mass is 10.1. The van der Waals surface area contributed by atoms with Crippen molar-refractivity contribution in [2.24, 2.45) is 0 Å². The Bertz CT molecular complexity index is 929. The van der Waals surface area contributed by atoms with E-state index < -0.39 is 0 Å². The molecule has 28 heavy (non-hydrogen) atoms. The Labute approximate surface area is 165 Å². The predicted octanol–water partition coefficient (Wildman–Crippen LogP) is 4.28. The van der Waals surface area contributed by atoms with Gasteiger partial charge in [-0.3, -0.25) is 4.79 Å². The summed E-state index contributed by atoms with van der Waals surface area (Å²) in [6, 6.07) is 19.2. The van der Waals surface area contributed by atoms with Crippen molar-refractivity contribution in [3.8, 4) is 5.75 Å². The van der Waals surface area contributed by atoms with Gasteiger partial charge < -0.3 is 15.0 Å². The minimum absolute atomic E-state index is 0.0355. The Morgan fingerprint density at radius 3 is 2.50 bits per heavy atom. The summed E-state index contributed by atoms with van der Waals surface area (Å²) in [4.78, 5) is 23.3. The van der Waals surface area contributed by atoms with E-state index in [1.807, 2.05) is 68.4 Å². The first-order valence-corrected chi connectivity index (χ1v) is 9.15. The van der Waals surface area contributed by atoms with E-state index in [4.69, 9.17) is 4.74 Å². The number of nitrogens with one attached hydrogen (secondary N) is 1. The fraction of sp³-hybridized carbons (Fsp3) is 0.227. The van der Waals surface area contributed by atoms with Gasteiger partial charge in [0.2, 0.25) is 0 Å². The van der Waals surface area contributed by atoms with Gasteiger partial charge in [0.25, 0.3) is 5.91 Å². The highest BCUT2D eigenvalue weighted by Crippen LogP contribution is 2.26. The number of carbonyl (C=O) groups is 1. The molecule has 6 nitrogen and oxygen atoms in total. The number of hydrogen-bond donors (Lipinski definition) is 1. The number of hydrogen-bond acceptors (Lipinski definition) is 5. The minimum atomic E-state index is -0.135. The lowest BCUT2D eigenvalue weighted by Gasteiger charge is -2.26. The van der Waals surface area contributed by atoms with Crippen molar-refractivity contribution >= 4 is 17.4 Å². The quantitative estimate of drug-likeness (QED) is 0.667. The number of rotatable bonds is 7. The number of methoxy groups -OCH3 is 1. The van der Waals surface area contributed by atoms with E-state index in [-0.39, 0.29) is 11.9 Å². The topological polar surface area (TPSA) is 67.3 Å². The molecule has 6 heteroatoms. The Balaban J connectivity index is 1.82. The monoisotopic (exact) mass is 376 g/mol. The molecule has 0 aliphatic carbocycles. The third-order valence-electron chi connectivity index (χ3n) is 4.34. The van der Waals surface area contributed by atoms with Crippen molar-refractivity contribution in [2.75, 3.05) is 12.4 Å². The number of ether oxygens (including phenoxy) is 1. The van der Waals surface area contributed by atoms with Gasteiger partial charge in [0.1, 0.15) is 23.6 Å². The van der Waals surface area contributed by atoms with E-state index >= 15 is 0 Å². The largest absolute Gasteiger partial charge is 0.495 e. The summed E-state index contributed by atoms with van der Waals surface area (Å²) in [6.45, 7) is 4.52. The highest BCUT2D eigenvalue weighted by Gasteiger charge is 2.21. The van der Waals surface area contributed by atoms with Crippen LogP contribution in [0.5, 0.6) is 5.75 Å². The van der Waals surface area contributed by atoms with Crippen LogP contribution in [0.2, 0.25) is 0 Å². The Morgan fingerprint density at radius 1 is 1.07 bits per heavy atom. The molecule has 0 aliphatic rings. The summed E-state index contributed by atoms with van der Waals surface area (Å²) in [7, 11) is 1.61. The summed E-state index contributed by atoms with van der Waals surface area (Å²) in [5.74, 6) is 1.09. The van der Waals surface area contributed by atoms with Crippen molar-refractivity contribution in [1.82, 2.24) is 14.9 Å². The molecule has 0 fully saturated rings. The molecule has 0 spiro atoms. The maximum atomic E-state index is 13.1. The average molecular weight is 376 g/mol. The van der Waals surface area contributed by atoms with E-state index in [2.05, 4.69) is 15.3 Å². The van der Waals surface area contributed by atoms with Crippen LogP contribution >= 0.6 is 0 Å². The molecule has 3 rings (SSSR count). The normalized spacial score (nSPS) is 10.6. The molecule has 0 unspecified atom stereocenters. The van der Waals surface area contributed by atoms with Crippen LogP contribution in [0, 0.1) is 0 Å². The van der Waals surface area contributed by atoms with Gasteiger partial charge in [-0.25, -0.2) is 9.97 Å². The van der Waals surface area contributed by atoms with Gasteiger partial charge in [-0.05, 0) is 31.5 Å². The molecule has 0 bridgehead atoms. The van der Waals surface area contributed by atoms with E-state index in [0.717, 1.165) is 11.3 Å². The molecular weight excluding hydrogens is 352 g/mol. The van der Waals surface area contributed by atoms with Gasteiger partial charge >= 0.3 is 0 Å². The zero-order valence-electron chi connectivity index (χ0n) is 16.3. The fourth-order valence-electron chi connectivity index (χ4n) is 2.84. The van der Waals surface area contributed by atoms with Crippen LogP contribution < -0.4 is 10.1 Å². The second-order valence-electron chi connectivity index (χ2n) is 6.63.